The monoisotopic (exact) mass is 375 g/mol. The van der Waals surface area contributed by atoms with Crippen LogP contribution in [0.2, 0.25) is 0 Å². The van der Waals surface area contributed by atoms with Gasteiger partial charge in [-0.2, -0.15) is 0 Å². The van der Waals surface area contributed by atoms with Gasteiger partial charge in [0.05, 0.1) is 5.01 Å². The predicted molar refractivity (Wildman–Crippen MR) is 96.8 cm³/mol. The van der Waals surface area contributed by atoms with Crippen LogP contribution in [0.3, 0.4) is 0 Å². The molecule has 0 aliphatic heterocycles. The Balaban J connectivity index is 1.50. The van der Waals surface area contributed by atoms with Crippen LogP contribution in [0.1, 0.15) is 58.0 Å². The summed E-state index contributed by atoms with van der Waals surface area (Å²) in [6.45, 7) is 0.381. The predicted octanol–water partition coefficient (Wildman–Crippen LogP) is 2.92. The van der Waals surface area contributed by atoms with E-state index >= 15 is 0 Å². The number of amides is 1. The maximum Gasteiger partial charge on any atom is 0.355 e. The maximum atomic E-state index is 12.3. The summed E-state index contributed by atoms with van der Waals surface area (Å²) in [6.07, 6.45) is 7.91. The first-order chi connectivity index (χ1) is 12.6. The van der Waals surface area contributed by atoms with Gasteiger partial charge in [-0.15, -0.1) is 11.3 Å². The summed E-state index contributed by atoms with van der Waals surface area (Å²) in [5.74, 6) is -0.773. The average molecular weight is 375 g/mol. The molecule has 2 aromatic heterocycles. The summed E-state index contributed by atoms with van der Waals surface area (Å²) in [4.78, 5) is 31.3. The summed E-state index contributed by atoms with van der Waals surface area (Å²) in [5.41, 5.74) is 0.533. The molecule has 0 atom stereocenters. The molecule has 138 valence electrons. The Hall–Kier alpha value is -2.48. The number of rotatable bonds is 7. The van der Waals surface area contributed by atoms with Crippen LogP contribution < -0.4 is 10.1 Å². The van der Waals surface area contributed by atoms with Crippen LogP contribution >= 0.6 is 11.3 Å². The molecule has 1 fully saturated rings. The molecule has 2 N–H and O–H groups in total. The molecule has 1 aliphatic carbocycles. The third kappa shape index (κ3) is 5.01. The van der Waals surface area contributed by atoms with Gasteiger partial charge >= 0.3 is 5.97 Å². The molecule has 0 unspecified atom stereocenters. The molecule has 0 spiro atoms. The second kappa shape index (κ2) is 8.75. The molecule has 1 amide bonds. The molecule has 0 radical (unpaired) electrons. The number of carboxylic acid groups (broad SMARTS) is 1. The molecular weight excluding hydrogens is 354 g/mol. The van der Waals surface area contributed by atoms with E-state index < -0.39 is 5.97 Å². The third-order valence-corrected chi connectivity index (χ3v) is 5.14. The van der Waals surface area contributed by atoms with Gasteiger partial charge in [0.25, 0.3) is 5.91 Å². The lowest BCUT2D eigenvalue weighted by atomic mass is 9.98. The molecule has 0 bridgehead atoms. The van der Waals surface area contributed by atoms with E-state index in [1.165, 1.54) is 36.0 Å². The van der Waals surface area contributed by atoms with Crippen molar-refractivity contribution >= 4 is 23.2 Å². The Kier molecular flexibility index (Phi) is 6.17. The zero-order valence-electron chi connectivity index (χ0n) is 14.3. The number of nitrogens with zero attached hydrogens (tertiary/aromatic N) is 2. The first kappa shape index (κ1) is 18.3. The molecular formula is C18H21N3O4S. The van der Waals surface area contributed by atoms with Crippen molar-refractivity contribution in [3.05, 3.63) is 40.0 Å². The van der Waals surface area contributed by atoms with Gasteiger partial charge in [-0.3, -0.25) is 4.79 Å². The van der Waals surface area contributed by atoms with Crippen molar-refractivity contribution in [2.75, 3.05) is 6.54 Å². The number of aromatic nitrogens is 2. The number of hydrogen-bond donors (Lipinski definition) is 2. The summed E-state index contributed by atoms with van der Waals surface area (Å²) < 4.78 is 5.89. The minimum Gasteiger partial charge on any atom is -0.476 e. The van der Waals surface area contributed by atoms with E-state index in [4.69, 9.17) is 9.84 Å². The van der Waals surface area contributed by atoms with Gasteiger partial charge in [0.1, 0.15) is 6.10 Å². The third-order valence-electron chi connectivity index (χ3n) is 4.23. The zero-order chi connectivity index (χ0) is 18.4. The normalized spacial score (nSPS) is 14.8. The van der Waals surface area contributed by atoms with Gasteiger partial charge < -0.3 is 15.2 Å². The van der Waals surface area contributed by atoms with Gasteiger partial charge in [0.15, 0.2) is 5.69 Å². The van der Waals surface area contributed by atoms with E-state index in [2.05, 4.69) is 15.3 Å². The number of ether oxygens (including phenoxy) is 1. The fourth-order valence-corrected chi connectivity index (χ4v) is 3.65. The Morgan fingerprint density at radius 1 is 1.31 bits per heavy atom. The number of carbonyl (C=O) groups is 2. The highest BCUT2D eigenvalue weighted by atomic mass is 32.1. The SMILES string of the molecule is O=C(NCCc1nc(C(=O)O)cs1)c1ccnc(OC2CCCCC2)c1. The van der Waals surface area contributed by atoms with Gasteiger partial charge in [-0.25, -0.2) is 14.8 Å². The topological polar surface area (TPSA) is 101 Å². The highest BCUT2D eigenvalue weighted by molar-refractivity contribution is 7.09. The zero-order valence-corrected chi connectivity index (χ0v) is 15.1. The molecule has 7 nitrogen and oxygen atoms in total. The standard InChI is InChI=1S/C18H21N3O4S/c22-17(20-9-7-16-21-14(11-26-16)18(23)24)12-6-8-19-15(10-12)25-13-4-2-1-3-5-13/h6,8,10-11,13H,1-5,7,9H2,(H,20,22)(H,23,24). The van der Waals surface area contributed by atoms with Crippen molar-refractivity contribution in [3.63, 3.8) is 0 Å². The van der Waals surface area contributed by atoms with Gasteiger partial charge in [-0.1, -0.05) is 6.42 Å². The van der Waals surface area contributed by atoms with E-state index in [-0.39, 0.29) is 17.7 Å². The van der Waals surface area contributed by atoms with Crippen molar-refractivity contribution in [2.45, 2.75) is 44.6 Å². The molecule has 2 heterocycles. The van der Waals surface area contributed by atoms with Crippen LogP contribution in [0, 0.1) is 0 Å². The number of nitrogens with one attached hydrogen (secondary N) is 1. The maximum absolute atomic E-state index is 12.3. The summed E-state index contributed by atoms with van der Waals surface area (Å²) in [5, 5.41) is 13.9. The first-order valence-corrected chi connectivity index (χ1v) is 9.58. The highest BCUT2D eigenvalue weighted by Gasteiger charge is 2.16. The number of thiazole rings is 1. The molecule has 1 aliphatic rings. The molecule has 2 aromatic rings. The van der Waals surface area contributed by atoms with Crippen LogP contribution in [0.5, 0.6) is 5.88 Å². The number of aromatic carboxylic acids is 1. The fraction of sp³-hybridized carbons (Fsp3) is 0.444. The quantitative estimate of drug-likeness (QED) is 0.771. The Morgan fingerprint density at radius 2 is 2.12 bits per heavy atom. The lowest BCUT2D eigenvalue weighted by Crippen LogP contribution is -2.26. The molecule has 1 saturated carbocycles. The van der Waals surface area contributed by atoms with Gasteiger partial charge in [-0.05, 0) is 31.7 Å². The number of carboxylic acids is 1. The summed E-state index contributed by atoms with van der Waals surface area (Å²) >= 11 is 1.27. The van der Waals surface area contributed by atoms with Crippen molar-refractivity contribution < 1.29 is 19.4 Å². The number of carbonyl (C=O) groups excluding carboxylic acids is 1. The van der Waals surface area contributed by atoms with Gasteiger partial charge in [0.2, 0.25) is 5.88 Å². The first-order valence-electron chi connectivity index (χ1n) is 8.70. The Bertz CT molecular complexity index is 771. The second-order valence-corrected chi connectivity index (χ2v) is 7.14. The van der Waals surface area contributed by atoms with E-state index in [1.807, 2.05) is 0 Å². The van der Waals surface area contributed by atoms with Crippen molar-refractivity contribution in [1.82, 2.24) is 15.3 Å². The van der Waals surface area contributed by atoms with Crippen LogP contribution in [0.25, 0.3) is 0 Å². The average Bonchev–Trinajstić information content (AvgIpc) is 3.12. The van der Waals surface area contributed by atoms with Crippen molar-refractivity contribution in [3.8, 4) is 5.88 Å². The highest BCUT2D eigenvalue weighted by Crippen LogP contribution is 2.22. The molecule has 26 heavy (non-hydrogen) atoms. The van der Waals surface area contributed by atoms with E-state index in [1.54, 1.807) is 18.3 Å². The smallest absolute Gasteiger partial charge is 0.355 e. The molecule has 0 saturated heterocycles. The largest absolute Gasteiger partial charge is 0.476 e. The molecule has 3 rings (SSSR count). The Labute approximate surface area is 155 Å². The van der Waals surface area contributed by atoms with Gasteiger partial charge in [0, 0.05) is 36.2 Å². The molecule has 0 aromatic carbocycles. The Morgan fingerprint density at radius 3 is 2.85 bits per heavy atom. The summed E-state index contributed by atoms with van der Waals surface area (Å²) in [7, 11) is 0. The van der Waals surface area contributed by atoms with Crippen LogP contribution in [0.4, 0.5) is 0 Å². The lowest BCUT2D eigenvalue weighted by molar-refractivity contribution is 0.0690. The number of pyridine rings is 1. The van der Waals surface area contributed by atoms with Crippen molar-refractivity contribution in [2.24, 2.45) is 0 Å². The number of hydrogen-bond acceptors (Lipinski definition) is 6. The van der Waals surface area contributed by atoms with Crippen LogP contribution in [-0.4, -0.2) is 39.6 Å². The second-order valence-electron chi connectivity index (χ2n) is 6.20. The van der Waals surface area contributed by atoms with Crippen LogP contribution in [0.15, 0.2) is 23.7 Å². The molecule has 8 heteroatoms. The summed E-state index contributed by atoms with van der Waals surface area (Å²) in [6, 6.07) is 3.31. The minimum atomic E-state index is -1.04. The lowest BCUT2D eigenvalue weighted by Gasteiger charge is -2.22. The van der Waals surface area contributed by atoms with E-state index in [0.717, 1.165) is 12.8 Å². The van der Waals surface area contributed by atoms with Crippen LogP contribution in [-0.2, 0) is 6.42 Å². The fourth-order valence-electron chi connectivity index (χ4n) is 2.88. The van der Waals surface area contributed by atoms with Crippen molar-refractivity contribution in [1.29, 1.82) is 0 Å². The minimum absolute atomic E-state index is 0.0370. The van der Waals surface area contributed by atoms with E-state index in [9.17, 15) is 9.59 Å². The van der Waals surface area contributed by atoms with E-state index in [0.29, 0.717) is 29.4 Å².